The van der Waals surface area contributed by atoms with Gasteiger partial charge in [0.05, 0.1) is 24.8 Å². The van der Waals surface area contributed by atoms with Gasteiger partial charge in [0.15, 0.2) is 17.3 Å². The minimum absolute atomic E-state index is 0.340. The van der Waals surface area contributed by atoms with E-state index in [9.17, 15) is 8.42 Å². The molecule has 0 amide bonds. The molecule has 4 rings (SSSR count). The third kappa shape index (κ3) is 4.79. The van der Waals surface area contributed by atoms with Gasteiger partial charge in [-0.2, -0.15) is 4.31 Å². The Morgan fingerprint density at radius 2 is 1.55 bits per heavy atom. The van der Waals surface area contributed by atoms with Gasteiger partial charge in [-0.15, -0.1) is 10.2 Å². The highest BCUT2D eigenvalue weighted by Gasteiger charge is 2.29. The van der Waals surface area contributed by atoms with Gasteiger partial charge in [0, 0.05) is 31.7 Å². The van der Waals surface area contributed by atoms with Crippen molar-refractivity contribution in [1.29, 1.82) is 0 Å². The zero-order valence-corrected chi connectivity index (χ0v) is 19.9. The Labute approximate surface area is 194 Å². The van der Waals surface area contributed by atoms with E-state index in [1.165, 1.54) is 4.31 Å². The van der Waals surface area contributed by atoms with E-state index in [4.69, 9.17) is 9.47 Å². The maximum atomic E-state index is 13.0. The van der Waals surface area contributed by atoms with E-state index < -0.39 is 10.0 Å². The van der Waals surface area contributed by atoms with E-state index in [0.717, 1.165) is 29.1 Å². The van der Waals surface area contributed by atoms with E-state index in [1.54, 1.807) is 26.4 Å². The van der Waals surface area contributed by atoms with Gasteiger partial charge in [0.25, 0.3) is 0 Å². The van der Waals surface area contributed by atoms with Gasteiger partial charge in [-0.05, 0) is 54.4 Å². The first-order chi connectivity index (χ1) is 16.0. The van der Waals surface area contributed by atoms with Crippen LogP contribution in [-0.2, 0) is 16.4 Å². The second kappa shape index (κ2) is 9.76. The molecule has 33 heavy (non-hydrogen) atoms. The van der Waals surface area contributed by atoms with Crippen molar-refractivity contribution in [2.45, 2.75) is 18.2 Å². The summed E-state index contributed by atoms with van der Waals surface area (Å²) in [6.45, 7) is 3.95. The van der Waals surface area contributed by atoms with Crippen LogP contribution in [0.25, 0.3) is 11.3 Å². The molecule has 1 saturated heterocycles. The molecule has 0 radical (unpaired) electrons. The molecule has 8 nitrogen and oxygen atoms in total. The van der Waals surface area contributed by atoms with Gasteiger partial charge in [0.2, 0.25) is 10.0 Å². The number of anilines is 1. The van der Waals surface area contributed by atoms with Crippen molar-refractivity contribution in [2.24, 2.45) is 0 Å². The SMILES string of the molecule is CCc1ccc(S(=O)(=O)N2CCN(c3ccc(-c4ccc(OC)c(OC)c4)nn3)CC2)cc1. The number of rotatable bonds is 7. The lowest BCUT2D eigenvalue weighted by molar-refractivity contribution is 0.355. The summed E-state index contributed by atoms with van der Waals surface area (Å²) in [5.74, 6) is 2.01. The molecule has 0 unspecified atom stereocenters. The number of piperazine rings is 1. The summed E-state index contributed by atoms with van der Waals surface area (Å²) in [5, 5.41) is 8.74. The van der Waals surface area contributed by atoms with Gasteiger partial charge in [-0.25, -0.2) is 8.42 Å². The Kier molecular flexibility index (Phi) is 6.80. The van der Waals surface area contributed by atoms with Crippen molar-refractivity contribution in [3.63, 3.8) is 0 Å². The maximum absolute atomic E-state index is 13.0. The van der Waals surface area contributed by atoms with E-state index in [2.05, 4.69) is 15.1 Å². The lowest BCUT2D eigenvalue weighted by Gasteiger charge is -2.34. The zero-order valence-electron chi connectivity index (χ0n) is 19.1. The molecule has 1 aliphatic rings. The Hall–Kier alpha value is -3.17. The fourth-order valence-corrected chi connectivity index (χ4v) is 5.27. The van der Waals surface area contributed by atoms with Crippen LogP contribution in [0.2, 0.25) is 0 Å². The summed E-state index contributed by atoms with van der Waals surface area (Å²) in [4.78, 5) is 2.39. The standard InChI is InChI=1S/C24H28N4O4S/c1-4-18-5-8-20(9-6-18)33(29,30)28-15-13-27(14-16-28)24-12-10-21(25-26-24)19-7-11-22(31-2)23(17-19)32-3/h5-12,17H,4,13-16H2,1-3H3. The number of benzene rings is 2. The summed E-state index contributed by atoms with van der Waals surface area (Å²) in [7, 11) is -0.309. The monoisotopic (exact) mass is 468 g/mol. The number of aromatic nitrogens is 2. The fourth-order valence-electron chi connectivity index (χ4n) is 3.85. The lowest BCUT2D eigenvalue weighted by Crippen LogP contribution is -2.49. The largest absolute Gasteiger partial charge is 0.493 e. The summed E-state index contributed by atoms with van der Waals surface area (Å²) >= 11 is 0. The highest BCUT2D eigenvalue weighted by atomic mass is 32.2. The molecular weight excluding hydrogens is 440 g/mol. The van der Waals surface area contributed by atoms with Crippen LogP contribution in [0.5, 0.6) is 11.5 Å². The van der Waals surface area contributed by atoms with Crippen molar-refractivity contribution in [3.8, 4) is 22.8 Å². The van der Waals surface area contributed by atoms with Gasteiger partial charge in [-0.1, -0.05) is 19.1 Å². The van der Waals surface area contributed by atoms with Gasteiger partial charge in [0.1, 0.15) is 0 Å². The van der Waals surface area contributed by atoms with Gasteiger partial charge in [-0.3, -0.25) is 0 Å². The fraction of sp³-hybridized carbons (Fsp3) is 0.333. The second-order valence-electron chi connectivity index (χ2n) is 7.74. The second-order valence-corrected chi connectivity index (χ2v) is 9.67. The molecule has 0 spiro atoms. The minimum atomic E-state index is -3.50. The van der Waals surface area contributed by atoms with Crippen LogP contribution in [0.15, 0.2) is 59.5 Å². The first kappa shape index (κ1) is 23.0. The number of methoxy groups -OCH3 is 2. The number of ether oxygens (including phenoxy) is 2. The van der Waals surface area contributed by atoms with Crippen LogP contribution >= 0.6 is 0 Å². The van der Waals surface area contributed by atoms with Crippen molar-refractivity contribution in [2.75, 3.05) is 45.3 Å². The van der Waals surface area contributed by atoms with Gasteiger partial charge < -0.3 is 14.4 Å². The van der Waals surface area contributed by atoms with Crippen molar-refractivity contribution in [1.82, 2.24) is 14.5 Å². The van der Waals surface area contributed by atoms with E-state index in [0.29, 0.717) is 42.6 Å². The Morgan fingerprint density at radius 3 is 2.12 bits per heavy atom. The van der Waals surface area contributed by atoms with Crippen LogP contribution in [0.4, 0.5) is 5.82 Å². The van der Waals surface area contributed by atoms with Crippen LogP contribution in [0, 0.1) is 0 Å². The van der Waals surface area contributed by atoms with Crippen LogP contribution in [0.1, 0.15) is 12.5 Å². The quantitative estimate of drug-likeness (QED) is 0.526. The summed E-state index contributed by atoms with van der Waals surface area (Å²) in [6, 6.07) is 16.5. The van der Waals surface area contributed by atoms with Crippen molar-refractivity contribution in [3.05, 3.63) is 60.2 Å². The van der Waals surface area contributed by atoms with E-state index in [1.807, 2.05) is 49.4 Å². The first-order valence-corrected chi connectivity index (χ1v) is 12.3. The zero-order chi connectivity index (χ0) is 23.4. The third-order valence-electron chi connectivity index (χ3n) is 5.86. The summed E-state index contributed by atoms with van der Waals surface area (Å²) in [6.07, 6.45) is 0.880. The molecular formula is C24H28N4O4S. The molecule has 9 heteroatoms. The molecule has 1 aromatic heterocycles. The average molecular weight is 469 g/mol. The smallest absolute Gasteiger partial charge is 0.243 e. The molecule has 1 aliphatic heterocycles. The first-order valence-electron chi connectivity index (χ1n) is 10.9. The predicted octanol–water partition coefficient (Wildman–Crippen LogP) is 3.23. The van der Waals surface area contributed by atoms with Crippen LogP contribution in [0.3, 0.4) is 0 Å². The molecule has 0 atom stereocenters. The van der Waals surface area contributed by atoms with Crippen LogP contribution < -0.4 is 14.4 Å². The molecule has 174 valence electrons. The Bertz CT molecular complexity index is 1190. The van der Waals surface area contributed by atoms with Crippen molar-refractivity contribution < 1.29 is 17.9 Å². The molecule has 0 N–H and O–H groups in total. The van der Waals surface area contributed by atoms with Crippen molar-refractivity contribution >= 4 is 15.8 Å². The lowest BCUT2D eigenvalue weighted by atomic mass is 10.1. The maximum Gasteiger partial charge on any atom is 0.243 e. The highest BCUT2D eigenvalue weighted by molar-refractivity contribution is 7.89. The normalized spacial score (nSPS) is 14.8. The summed E-state index contributed by atoms with van der Waals surface area (Å²) in [5.41, 5.74) is 2.71. The molecule has 0 saturated carbocycles. The number of sulfonamides is 1. The summed E-state index contributed by atoms with van der Waals surface area (Å²) < 4.78 is 38.2. The number of nitrogens with zero attached hydrogens (tertiary/aromatic N) is 4. The van der Waals surface area contributed by atoms with E-state index >= 15 is 0 Å². The molecule has 2 aromatic carbocycles. The predicted molar refractivity (Wildman–Crippen MR) is 127 cm³/mol. The number of aryl methyl sites for hydroxylation is 1. The Morgan fingerprint density at radius 1 is 0.848 bits per heavy atom. The number of hydrogen-bond acceptors (Lipinski definition) is 7. The topological polar surface area (TPSA) is 84.9 Å². The third-order valence-corrected chi connectivity index (χ3v) is 7.77. The molecule has 3 aromatic rings. The number of hydrogen-bond donors (Lipinski definition) is 0. The molecule has 1 fully saturated rings. The average Bonchev–Trinajstić information content (AvgIpc) is 2.88. The van der Waals surface area contributed by atoms with Gasteiger partial charge >= 0.3 is 0 Å². The Balaban J connectivity index is 1.43. The van der Waals surface area contributed by atoms with Crippen LogP contribution in [-0.4, -0.2) is 63.3 Å². The van der Waals surface area contributed by atoms with E-state index in [-0.39, 0.29) is 0 Å². The molecule has 2 heterocycles. The molecule has 0 aliphatic carbocycles. The molecule has 0 bridgehead atoms. The minimum Gasteiger partial charge on any atom is -0.493 e. The highest BCUT2D eigenvalue weighted by Crippen LogP contribution is 2.31.